The van der Waals surface area contributed by atoms with Gasteiger partial charge in [0.1, 0.15) is 6.10 Å². The van der Waals surface area contributed by atoms with E-state index in [9.17, 15) is 14.7 Å². The van der Waals surface area contributed by atoms with Crippen LogP contribution in [-0.4, -0.2) is 29.1 Å². The predicted octanol–water partition coefficient (Wildman–Crippen LogP) is 5.07. The van der Waals surface area contributed by atoms with Gasteiger partial charge in [-0.3, -0.25) is 9.59 Å². The molecule has 152 valence electrons. The molecule has 0 radical (unpaired) electrons. The fourth-order valence-electron chi connectivity index (χ4n) is 3.16. The molecule has 0 bridgehead atoms. The Kier molecular flexibility index (Phi) is 9.20. The number of hydrogen-bond donors (Lipinski definition) is 1. The Balaban J connectivity index is 2.72. The van der Waals surface area contributed by atoms with Gasteiger partial charge >= 0.3 is 0 Å². The Morgan fingerprint density at radius 1 is 1.14 bits per heavy atom. The second kappa shape index (κ2) is 10.9. The van der Waals surface area contributed by atoms with Crippen molar-refractivity contribution < 1.29 is 14.7 Å². The van der Waals surface area contributed by atoms with Crippen LogP contribution in [0, 0.1) is 5.41 Å². The normalized spacial score (nSPS) is 19.8. The number of allylic oxidation sites excluding steroid dienone is 9. The van der Waals surface area contributed by atoms with Crippen molar-refractivity contribution in [3.05, 3.63) is 58.7 Å². The number of Topliss-reactive ketones (excluding diaryl/α,β-unsaturated/α-hetero) is 1. The molecule has 4 nitrogen and oxygen atoms in total. The van der Waals surface area contributed by atoms with E-state index in [0.29, 0.717) is 0 Å². The summed E-state index contributed by atoms with van der Waals surface area (Å²) < 4.78 is 0. The fraction of sp³-hybridized carbons (Fsp3) is 0.458. The average Bonchev–Trinajstić information content (AvgIpc) is 2.58. The van der Waals surface area contributed by atoms with Crippen LogP contribution in [-0.2, 0) is 9.59 Å². The summed E-state index contributed by atoms with van der Waals surface area (Å²) in [4.78, 5) is 26.1. The first-order valence-corrected chi connectivity index (χ1v) is 9.71. The number of carbonyl (C=O) groups excluding carboxylic acids is 2. The number of nitrogens with zero attached hydrogens (tertiary/aromatic N) is 1. The Hall–Kier alpha value is -2.33. The molecule has 0 aromatic carbocycles. The van der Waals surface area contributed by atoms with Crippen LogP contribution in [0.15, 0.2) is 63.7 Å². The second-order valence-electron chi connectivity index (χ2n) is 8.09. The topological polar surface area (TPSA) is 66.7 Å². The molecule has 0 aliphatic heterocycles. The standard InChI is InChI=1S/C24H33NO3/c1-17(12-13-21-19(3)11-8-14-24(21,5)6)9-7-10-18(2)15-23(28)25-16-22(27)20(4)26/h7,9-10,12-13,15-16,22,27H,8,11,14H2,1-6H3/b10-7+,13-12+,17-9+,18-15+,25-16+. The van der Waals surface area contributed by atoms with Gasteiger partial charge in [0.15, 0.2) is 5.78 Å². The van der Waals surface area contributed by atoms with Gasteiger partial charge in [-0.2, -0.15) is 0 Å². The van der Waals surface area contributed by atoms with E-state index in [4.69, 9.17) is 0 Å². The van der Waals surface area contributed by atoms with E-state index in [-0.39, 0.29) is 5.41 Å². The number of amides is 1. The molecule has 4 heteroatoms. The average molecular weight is 384 g/mol. The molecule has 1 rings (SSSR count). The SMILES string of the molecule is CC(=O)C(O)/C=N/C(=O)/C=C(C)/C=C/C=C(C)/C=C/C1=C(C)CCCC1(C)C. The molecule has 0 aromatic heterocycles. The van der Waals surface area contributed by atoms with E-state index in [1.54, 1.807) is 6.92 Å². The Labute approximate surface area is 169 Å². The van der Waals surface area contributed by atoms with Gasteiger partial charge in [-0.15, -0.1) is 0 Å². The summed E-state index contributed by atoms with van der Waals surface area (Å²) >= 11 is 0. The summed E-state index contributed by atoms with van der Waals surface area (Å²) in [6, 6.07) is 0. The van der Waals surface area contributed by atoms with Gasteiger partial charge in [0, 0.05) is 12.3 Å². The monoisotopic (exact) mass is 383 g/mol. The fourth-order valence-corrected chi connectivity index (χ4v) is 3.16. The summed E-state index contributed by atoms with van der Waals surface area (Å²) in [5.41, 5.74) is 5.00. The van der Waals surface area contributed by atoms with Gasteiger partial charge in [-0.1, -0.05) is 55.4 Å². The predicted molar refractivity (Wildman–Crippen MR) is 116 cm³/mol. The second-order valence-corrected chi connectivity index (χ2v) is 8.09. The van der Waals surface area contributed by atoms with Gasteiger partial charge in [-0.05, 0) is 63.5 Å². The van der Waals surface area contributed by atoms with Crippen LogP contribution >= 0.6 is 0 Å². The van der Waals surface area contributed by atoms with E-state index >= 15 is 0 Å². The maximum absolute atomic E-state index is 11.7. The van der Waals surface area contributed by atoms with Gasteiger partial charge < -0.3 is 5.11 Å². The van der Waals surface area contributed by atoms with Gasteiger partial charge in [0.2, 0.25) is 0 Å². The Bertz CT molecular complexity index is 774. The molecule has 1 N–H and O–H groups in total. The molecule has 1 aliphatic carbocycles. The number of aliphatic imine (C=N–C) groups is 1. The van der Waals surface area contributed by atoms with Crippen molar-refractivity contribution in [2.45, 2.75) is 66.9 Å². The van der Waals surface area contributed by atoms with E-state index in [1.165, 1.54) is 43.4 Å². The Morgan fingerprint density at radius 2 is 1.82 bits per heavy atom. The molecule has 0 saturated heterocycles. The van der Waals surface area contributed by atoms with Crippen molar-refractivity contribution >= 4 is 17.9 Å². The highest BCUT2D eigenvalue weighted by atomic mass is 16.3. The first kappa shape index (κ1) is 23.7. The molecular formula is C24H33NO3. The van der Waals surface area contributed by atoms with Gasteiger partial charge in [0.25, 0.3) is 5.91 Å². The van der Waals surface area contributed by atoms with Crippen LogP contribution in [0.1, 0.15) is 60.8 Å². The maximum Gasteiger partial charge on any atom is 0.269 e. The number of aliphatic hydroxyl groups excluding tert-OH is 1. The third-order valence-corrected chi connectivity index (χ3v) is 4.88. The van der Waals surface area contributed by atoms with Crippen LogP contribution in [0.5, 0.6) is 0 Å². The zero-order chi connectivity index (χ0) is 21.3. The highest BCUT2D eigenvalue weighted by Crippen LogP contribution is 2.40. The quantitative estimate of drug-likeness (QED) is 0.379. The van der Waals surface area contributed by atoms with Crippen molar-refractivity contribution in [1.82, 2.24) is 0 Å². The molecular weight excluding hydrogens is 350 g/mol. The van der Waals surface area contributed by atoms with Crippen molar-refractivity contribution in [3.8, 4) is 0 Å². The molecule has 1 unspecified atom stereocenters. The summed E-state index contributed by atoms with van der Waals surface area (Å²) in [5, 5.41) is 9.30. The summed E-state index contributed by atoms with van der Waals surface area (Å²) in [5.74, 6) is -0.960. The molecule has 0 heterocycles. The van der Waals surface area contributed by atoms with Crippen molar-refractivity contribution in [3.63, 3.8) is 0 Å². The van der Waals surface area contributed by atoms with Crippen LogP contribution < -0.4 is 0 Å². The molecule has 28 heavy (non-hydrogen) atoms. The summed E-state index contributed by atoms with van der Waals surface area (Å²) in [7, 11) is 0. The molecule has 0 spiro atoms. The van der Waals surface area contributed by atoms with Crippen molar-refractivity contribution in [1.29, 1.82) is 0 Å². The molecule has 0 saturated carbocycles. The molecule has 1 atom stereocenters. The molecule has 0 aromatic rings. The largest absolute Gasteiger partial charge is 0.380 e. The summed E-state index contributed by atoms with van der Waals surface area (Å²) in [6.07, 6.45) is 14.7. The van der Waals surface area contributed by atoms with E-state index in [2.05, 4.69) is 37.9 Å². The Morgan fingerprint density at radius 3 is 2.43 bits per heavy atom. The van der Waals surface area contributed by atoms with Gasteiger partial charge in [-0.25, -0.2) is 4.99 Å². The minimum absolute atomic E-state index is 0.227. The highest BCUT2D eigenvalue weighted by molar-refractivity contribution is 6.02. The lowest BCUT2D eigenvalue weighted by Crippen LogP contribution is -2.19. The highest BCUT2D eigenvalue weighted by Gasteiger charge is 2.26. The minimum Gasteiger partial charge on any atom is -0.380 e. The number of hydrogen-bond acceptors (Lipinski definition) is 3. The molecule has 1 aliphatic rings. The number of rotatable bonds is 7. The van der Waals surface area contributed by atoms with Gasteiger partial charge in [0.05, 0.1) is 0 Å². The van der Waals surface area contributed by atoms with E-state index < -0.39 is 17.8 Å². The van der Waals surface area contributed by atoms with Crippen molar-refractivity contribution in [2.24, 2.45) is 10.4 Å². The van der Waals surface area contributed by atoms with E-state index in [0.717, 1.165) is 17.4 Å². The zero-order valence-corrected chi connectivity index (χ0v) is 18.0. The zero-order valence-electron chi connectivity index (χ0n) is 18.0. The summed E-state index contributed by atoms with van der Waals surface area (Å²) in [6.45, 7) is 11.9. The number of ketones is 1. The lowest BCUT2D eigenvalue weighted by molar-refractivity contribution is -0.121. The minimum atomic E-state index is -1.33. The molecule has 1 amide bonds. The lowest BCUT2D eigenvalue weighted by atomic mass is 9.72. The first-order valence-electron chi connectivity index (χ1n) is 9.71. The van der Waals surface area contributed by atoms with E-state index in [1.807, 2.05) is 25.2 Å². The van der Waals surface area contributed by atoms with Crippen LogP contribution in [0.4, 0.5) is 0 Å². The third kappa shape index (κ3) is 8.13. The number of aliphatic hydroxyl groups is 1. The van der Waals surface area contributed by atoms with Crippen LogP contribution in [0.2, 0.25) is 0 Å². The first-order chi connectivity index (χ1) is 13.0. The third-order valence-electron chi connectivity index (χ3n) is 4.88. The number of carbonyl (C=O) groups is 2. The van der Waals surface area contributed by atoms with Crippen LogP contribution in [0.3, 0.4) is 0 Å². The molecule has 0 fully saturated rings. The van der Waals surface area contributed by atoms with Crippen molar-refractivity contribution in [2.75, 3.05) is 0 Å². The smallest absolute Gasteiger partial charge is 0.269 e. The maximum atomic E-state index is 11.7. The lowest BCUT2D eigenvalue weighted by Gasteiger charge is -2.32. The van der Waals surface area contributed by atoms with Crippen LogP contribution in [0.25, 0.3) is 0 Å².